The third kappa shape index (κ3) is 3.22. The minimum atomic E-state index is 0.520. The molecule has 3 heteroatoms. The number of carbonyl (C=O) groups excluding carboxylic acids is 1. The van der Waals surface area contributed by atoms with Crippen LogP contribution in [0.25, 0.3) is 0 Å². The van der Waals surface area contributed by atoms with Crippen LogP contribution in [0, 0.1) is 5.92 Å². The Morgan fingerprint density at radius 3 is 2.75 bits per heavy atom. The van der Waals surface area contributed by atoms with Crippen molar-refractivity contribution in [2.75, 3.05) is 26.2 Å². The Morgan fingerprint density at radius 2 is 2.17 bits per heavy atom. The van der Waals surface area contributed by atoms with Gasteiger partial charge in [0.25, 0.3) is 6.47 Å². The highest BCUT2D eigenvalue weighted by Gasteiger charge is 2.14. The van der Waals surface area contributed by atoms with Gasteiger partial charge in [0.1, 0.15) is 6.61 Å². The number of carbonyl (C=O) groups is 1. The van der Waals surface area contributed by atoms with Crippen molar-refractivity contribution in [2.45, 2.75) is 19.8 Å². The summed E-state index contributed by atoms with van der Waals surface area (Å²) in [6, 6.07) is 0. The lowest BCUT2D eigenvalue weighted by atomic mass is 9.99. The molecule has 0 aromatic heterocycles. The van der Waals surface area contributed by atoms with E-state index < -0.39 is 0 Å². The number of likely N-dealkylation sites (tertiary alicyclic amines) is 1. The molecule has 0 bridgehead atoms. The third-order valence-corrected chi connectivity index (χ3v) is 2.47. The molecule has 1 heterocycles. The minimum absolute atomic E-state index is 0.520. The molecule has 0 amide bonds. The highest BCUT2D eigenvalue weighted by atomic mass is 16.5. The number of ether oxygens (including phenoxy) is 1. The zero-order valence-electron chi connectivity index (χ0n) is 7.66. The van der Waals surface area contributed by atoms with Crippen LogP contribution >= 0.6 is 0 Å². The van der Waals surface area contributed by atoms with E-state index >= 15 is 0 Å². The van der Waals surface area contributed by atoms with Crippen LogP contribution in [0.4, 0.5) is 0 Å². The SMILES string of the molecule is CC1CCN(CCOC=O)CC1. The van der Waals surface area contributed by atoms with Crippen LogP contribution < -0.4 is 0 Å². The Balaban J connectivity index is 2.05. The lowest BCUT2D eigenvalue weighted by Crippen LogP contribution is -2.35. The fourth-order valence-electron chi connectivity index (χ4n) is 1.52. The van der Waals surface area contributed by atoms with Gasteiger partial charge in [0.2, 0.25) is 0 Å². The highest BCUT2D eigenvalue weighted by molar-refractivity contribution is 5.36. The van der Waals surface area contributed by atoms with Gasteiger partial charge in [0, 0.05) is 6.54 Å². The van der Waals surface area contributed by atoms with E-state index in [1.807, 2.05) is 0 Å². The minimum Gasteiger partial charge on any atom is -0.467 e. The van der Waals surface area contributed by atoms with E-state index in [1.54, 1.807) is 0 Å². The van der Waals surface area contributed by atoms with Crippen LogP contribution in [0.5, 0.6) is 0 Å². The first-order chi connectivity index (χ1) is 5.83. The monoisotopic (exact) mass is 171 g/mol. The van der Waals surface area contributed by atoms with Crippen molar-refractivity contribution in [2.24, 2.45) is 5.92 Å². The van der Waals surface area contributed by atoms with E-state index in [4.69, 9.17) is 0 Å². The summed E-state index contributed by atoms with van der Waals surface area (Å²) in [5.74, 6) is 0.869. The molecular formula is C9H17NO2. The Bertz CT molecular complexity index is 130. The van der Waals surface area contributed by atoms with Crippen LogP contribution in [0.2, 0.25) is 0 Å². The maximum Gasteiger partial charge on any atom is 0.293 e. The molecule has 3 nitrogen and oxygen atoms in total. The first kappa shape index (κ1) is 9.52. The average Bonchev–Trinajstić information content (AvgIpc) is 2.09. The fraction of sp³-hybridized carbons (Fsp3) is 0.889. The Labute approximate surface area is 73.7 Å². The molecule has 0 unspecified atom stereocenters. The molecule has 1 fully saturated rings. The summed E-state index contributed by atoms with van der Waals surface area (Å²) < 4.78 is 4.64. The standard InChI is InChI=1S/C9H17NO2/c1-9-2-4-10(5-3-9)6-7-12-8-11/h8-9H,2-7H2,1H3. The fourth-order valence-corrected chi connectivity index (χ4v) is 1.52. The third-order valence-electron chi connectivity index (χ3n) is 2.47. The molecule has 0 spiro atoms. The second-order valence-electron chi connectivity index (χ2n) is 3.49. The van der Waals surface area contributed by atoms with Gasteiger partial charge < -0.3 is 4.74 Å². The molecule has 1 aliphatic rings. The van der Waals surface area contributed by atoms with Crippen molar-refractivity contribution in [3.63, 3.8) is 0 Å². The van der Waals surface area contributed by atoms with Crippen LogP contribution in [-0.2, 0) is 9.53 Å². The van der Waals surface area contributed by atoms with E-state index in [2.05, 4.69) is 16.6 Å². The van der Waals surface area contributed by atoms with Gasteiger partial charge in [-0.2, -0.15) is 0 Å². The number of hydrogen-bond donors (Lipinski definition) is 0. The summed E-state index contributed by atoms with van der Waals surface area (Å²) >= 11 is 0. The van der Waals surface area contributed by atoms with Gasteiger partial charge in [0.05, 0.1) is 0 Å². The highest BCUT2D eigenvalue weighted by Crippen LogP contribution is 2.15. The van der Waals surface area contributed by atoms with Crippen molar-refractivity contribution < 1.29 is 9.53 Å². The molecule has 0 aliphatic carbocycles. The van der Waals surface area contributed by atoms with Crippen LogP contribution in [0.15, 0.2) is 0 Å². The second kappa shape index (κ2) is 5.14. The first-order valence-electron chi connectivity index (χ1n) is 4.60. The Morgan fingerprint density at radius 1 is 1.50 bits per heavy atom. The lowest BCUT2D eigenvalue weighted by molar-refractivity contribution is -0.129. The van der Waals surface area contributed by atoms with Crippen LogP contribution in [-0.4, -0.2) is 37.6 Å². The molecule has 0 radical (unpaired) electrons. The molecule has 1 aliphatic heterocycles. The summed E-state index contributed by atoms with van der Waals surface area (Å²) in [4.78, 5) is 12.2. The summed E-state index contributed by atoms with van der Waals surface area (Å²) in [5, 5.41) is 0. The quantitative estimate of drug-likeness (QED) is 0.465. The van der Waals surface area contributed by atoms with Gasteiger partial charge in [-0.3, -0.25) is 9.69 Å². The molecule has 1 saturated heterocycles. The molecule has 1 rings (SSSR count). The second-order valence-corrected chi connectivity index (χ2v) is 3.49. The summed E-state index contributed by atoms with van der Waals surface area (Å²) in [5.41, 5.74) is 0. The average molecular weight is 171 g/mol. The molecule has 12 heavy (non-hydrogen) atoms. The van der Waals surface area contributed by atoms with E-state index in [-0.39, 0.29) is 0 Å². The van der Waals surface area contributed by atoms with Gasteiger partial charge in [-0.05, 0) is 31.8 Å². The van der Waals surface area contributed by atoms with Gasteiger partial charge in [0.15, 0.2) is 0 Å². The van der Waals surface area contributed by atoms with E-state index in [1.165, 1.54) is 12.8 Å². The summed E-state index contributed by atoms with van der Waals surface area (Å²) in [7, 11) is 0. The molecule has 0 aromatic carbocycles. The summed E-state index contributed by atoms with van der Waals surface area (Å²) in [6.45, 7) is 6.56. The van der Waals surface area contributed by atoms with E-state index in [0.717, 1.165) is 25.6 Å². The Kier molecular flexibility index (Phi) is 4.08. The van der Waals surface area contributed by atoms with E-state index in [0.29, 0.717) is 13.1 Å². The van der Waals surface area contributed by atoms with Gasteiger partial charge in [-0.15, -0.1) is 0 Å². The smallest absolute Gasteiger partial charge is 0.293 e. The number of piperidine rings is 1. The molecule has 0 aromatic rings. The molecule has 0 N–H and O–H groups in total. The summed E-state index contributed by atoms with van der Waals surface area (Å²) in [6.07, 6.45) is 2.56. The maximum absolute atomic E-state index is 9.86. The predicted octanol–water partition coefficient (Wildman–Crippen LogP) is 0.891. The molecular weight excluding hydrogens is 154 g/mol. The molecule has 70 valence electrons. The molecule has 0 saturated carbocycles. The number of rotatable bonds is 4. The van der Waals surface area contributed by atoms with Crippen molar-refractivity contribution in [3.05, 3.63) is 0 Å². The number of hydrogen-bond acceptors (Lipinski definition) is 3. The Hall–Kier alpha value is -0.570. The zero-order chi connectivity index (χ0) is 8.81. The first-order valence-corrected chi connectivity index (χ1v) is 4.60. The number of nitrogens with zero attached hydrogens (tertiary/aromatic N) is 1. The van der Waals surface area contributed by atoms with E-state index in [9.17, 15) is 4.79 Å². The van der Waals surface area contributed by atoms with Gasteiger partial charge in [-0.25, -0.2) is 0 Å². The predicted molar refractivity (Wildman–Crippen MR) is 46.9 cm³/mol. The van der Waals surface area contributed by atoms with Crippen LogP contribution in [0.1, 0.15) is 19.8 Å². The van der Waals surface area contributed by atoms with Crippen molar-refractivity contribution in [1.29, 1.82) is 0 Å². The van der Waals surface area contributed by atoms with Crippen LogP contribution in [0.3, 0.4) is 0 Å². The van der Waals surface area contributed by atoms with Crippen molar-refractivity contribution in [1.82, 2.24) is 4.90 Å². The topological polar surface area (TPSA) is 29.5 Å². The molecule has 0 atom stereocenters. The maximum atomic E-state index is 9.86. The zero-order valence-corrected chi connectivity index (χ0v) is 7.66. The van der Waals surface area contributed by atoms with Gasteiger partial charge in [-0.1, -0.05) is 6.92 Å². The normalized spacial score (nSPS) is 20.8. The largest absolute Gasteiger partial charge is 0.467 e. The van der Waals surface area contributed by atoms with Crippen molar-refractivity contribution in [3.8, 4) is 0 Å². The van der Waals surface area contributed by atoms with Gasteiger partial charge >= 0.3 is 0 Å². The van der Waals surface area contributed by atoms with Crippen molar-refractivity contribution >= 4 is 6.47 Å². The lowest BCUT2D eigenvalue weighted by Gasteiger charge is -2.29.